The molecule has 0 bridgehead atoms. The van der Waals surface area contributed by atoms with Gasteiger partial charge in [0, 0.05) is 43.6 Å². The van der Waals surface area contributed by atoms with Gasteiger partial charge in [0.05, 0.1) is 11.1 Å². The summed E-state index contributed by atoms with van der Waals surface area (Å²) in [6.45, 7) is 0. The molecule has 0 heterocycles. The van der Waals surface area contributed by atoms with E-state index in [2.05, 4.69) is 10.1 Å². The molecule has 4 rings (SSSR count). The minimum Gasteiger partial charge on any atom is -0.377 e. The van der Waals surface area contributed by atoms with E-state index in [4.69, 9.17) is 11.6 Å². The second-order valence-corrected chi connectivity index (χ2v) is 11.9. The highest BCUT2D eigenvalue weighted by molar-refractivity contribution is 7.89. The number of fused-ring (bicyclic) bond motifs is 1. The van der Waals surface area contributed by atoms with Gasteiger partial charge in [-0.15, -0.1) is 0 Å². The molecule has 1 saturated carbocycles. The number of carbonyl (C=O) groups excluding carboxylic acids is 1. The largest absolute Gasteiger partial charge is 0.377 e. The van der Waals surface area contributed by atoms with E-state index in [0.717, 1.165) is 47.9 Å². The van der Waals surface area contributed by atoms with Crippen LogP contribution in [0.5, 0.6) is 0 Å². The minimum atomic E-state index is -4.04. The van der Waals surface area contributed by atoms with Crippen molar-refractivity contribution < 1.29 is 13.2 Å². The SMILES string of the molecule is CN(C)c1cccc2c(S(=O)(=O)N[C@@H](Cc3ccc(C(N)NN)cc3)C(=O)N(C)C3CCCC3)cccc12. The van der Waals surface area contributed by atoms with Gasteiger partial charge in [0.1, 0.15) is 6.04 Å². The number of hydrazine groups is 1. The number of sulfonamides is 1. The van der Waals surface area contributed by atoms with Crippen molar-refractivity contribution in [2.45, 2.75) is 55.2 Å². The average Bonchev–Trinajstić information content (AvgIpc) is 3.46. The Morgan fingerprint density at radius 1 is 0.974 bits per heavy atom. The van der Waals surface area contributed by atoms with Gasteiger partial charge < -0.3 is 15.5 Å². The number of anilines is 1. The zero-order valence-electron chi connectivity index (χ0n) is 22.2. The molecule has 1 amide bonds. The third kappa shape index (κ3) is 6.00. The highest BCUT2D eigenvalue weighted by Crippen LogP contribution is 2.30. The van der Waals surface area contributed by atoms with Crippen LogP contribution in [0.25, 0.3) is 10.8 Å². The van der Waals surface area contributed by atoms with E-state index in [1.165, 1.54) is 0 Å². The molecule has 1 unspecified atom stereocenters. The first-order valence-electron chi connectivity index (χ1n) is 12.9. The number of likely N-dealkylation sites (N-methyl/N-ethyl adjacent to an activating group) is 1. The van der Waals surface area contributed by atoms with E-state index in [-0.39, 0.29) is 23.3 Å². The number of benzene rings is 3. The molecule has 1 aliphatic rings. The molecule has 6 N–H and O–H groups in total. The van der Waals surface area contributed by atoms with Crippen LogP contribution in [0, 0.1) is 0 Å². The molecule has 2 atom stereocenters. The predicted octanol–water partition coefficient (Wildman–Crippen LogP) is 2.62. The van der Waals surface area contributed by atoms with Gasteiger partial charge in [-0.05, 0) is 42.5 Å². The molecule has 204 valence electrons. The van der Waals surface area contributed by atoms with Crippen molar-refractivity contribution in [3.8, 4) is 0 Å². The summed E-state index contributed by atoms with van der Waals surface area (Å²) in [6.07, 6.45) is 3.68. The van der Waals surface area contributed by atoms with Crippen LogP contribution in [-0.4, -0.2) is 52.5 Å². The second kappa shape index (κ2) is 11.8. The number of nitrogens with one attached hydrogen (secondary N) is 2. The van der Waals surface area contributed by atoms with E-state index in [9.17, 15) is 13.2 Å². The number of rotatable bonds is 10. The normalized spacial score (nSPS) is 15.9. The van der Waals surface area contributed by atoms with Gasteiger partial charge in [-0.1, -0.05) is 61.4 Å². The van der Waals surface area contributed by atoms with Gasteiger partial charge >= 0.3 is 0 Å². The maximum Gasteiger partial charge on any atom is 0.241 e. The summed E-state index contributed by atoms with van der Waals surface area (Å²) in [4.78, 5) is 17.5. The van der Waals surface area contributed by atoms with Crippen molar-refractivity contribution in [3.05, 3.63) is 71.8 Å². The highest BCUT2D eigenvalue weighted by atomic mass is 32.2. The van der Waals surface area contributed by atoms with Crippen LogP contribution in [0.2, 0.25) is 0 Å². The van der Waals surface area contributed by atoms with Crippen LogP contribution < -0.4 is 26.6 Å². The van der Waals surface area contributed by atoms with Crippen LogP contribution in [0.15, 0.2) is 65.6 Å². The molecular weight excluding hydrogens is 500 g/mol. The maximum atomic E-state index is 13.8. The van der Waals surface area contributed by atoms with Gasteiger partial charge in [0.25, 0.3) is 0 Å². The lowest BCUT2D eigenvalue weighted by Gasteiger charge is -2.29. The Kier molecular flexibility index (Phi) is 8.69. The van der Waals surface area contributed by atoms with Crippen LogP contribution in [0.1, 0.15) is 43.0 Å². The lowest BCUT2D eigenvalue weighted by molar-refractivity contribution is -0.133. The van der Waals surface area contributed by atoms with E-state index in [1.807, 2.05) is 61.5 Å². The summed E-state index contributed by atoms with van der Waals surface area (Å²) in [7, 11) is 1.58. The third-order valence-corrected chi connectivity index (χ3v) is 8.93. The van der Waals surface area contributed by atoms with Crippen LogP contribution >= 0.6 is 0 Å². The summed E-state index contributed by atoms with van der Waals surface area (Å²) >= 11 is 0. The van der Waals surface area contributed by atoms with Gasteiger partial charge in [-0.25, -0.2) is 13.8 Å². The minimum absolute atomic E-state index is 0.116. The summed E-state index contributed by atoms with van der Waals surface area (Å²) in [5.74, 6) is 5.20. The third-order valence-electron chi connectivity index (χ3n) is 7.40. The number of amides is 1. The summed E-state index contributed by atoms with van der Waals surface area (Å²) in [5, 5.41) is 1.43. The highest BCUT2D eigenvalue weighted by Gasteiger charge is 2.33. The molecule has 3 aromatic rings. The summed E-state index contributed by atoms with van der Waals surface area (Å²) in [5.41, 5.74) is 11.0. The molecule has 1 aliphatic carbocycles. The first-order chi connectivity index (χ1) is 18.1. The Morgan fingerprint density at radius 3 is 2.24 bits per heavy atom. The van der Waals surface area contributed by atoms with Gasteiger partial charge in [0.2, 0.25) is 15.9 Å². The van der Waals surface area contributed by atoms with Crippen molar-refractivity contribution in [2.24, 2.45) is 11.6 Å². The number of nitrogens with two attached hydrogens (primary N) is 2. The molecule has 0 aliphatic heterocycles. The predicted molar refractivity (Wildman–Crippen MR) is 152 cm³/mol. The number of carbonyl (C=O) groups is 1. The Bertz CT molecular complexity index is 1370. The Labute approximate surface area is 225 Å². The monoisotopic (exact) mass is 538 g/mol. The van der Waals surface area contributed by atoms with Crippen LogP contribution in [0.4, 0.5) is 5.69 Å². The lowest BCUT2D eigenvalue weighted by Crippen LogP contribution is -2.50. The first-order valence-corrected chi connectivity index (χ1v) is 14.4. The summed E-state index contributed by atoms with van der Waals surface area (Å²) < 4.78 is 30.4. The average molecular weight is 539 g/mol. The Morgan fingerprint density at radius 2 is 1.61 bits per heavy atom. The number of nitrogens with zero attached hydrogens (tertiary/aromatic N) is 2. The fourth-order valence-electron chi connectivity index (χ4n) is 5.23. The van der Waals surface area contributed by atoms with Gasteiger partial charge in [-0.3, -0.25) is 10.6 Å². The molecule has 3 aromatic carbocycles. The smallest absolute Gasteiger partial charge is 0.241 e. The first kappa shape index (κ1) is 28.0. The molecule has 10 heteroatoms. The van der Waals surface area contributed by atoms with E-state index in [1.54, 1.807) is 30.1 Å². The molecule has 38 heavy (non-hydrogen) atoms. The summed E-state index contributed by atoms with van der Waals surface area (Å²) in [6, 6.07) is 17.3. The molecule has 1 fully saturated rings. The molecular formula is C28H38N6O3S. The molecule has 0 spiro atoms. The second-order valence-electron chi connectivity index (χ2n) is 10.2. The van der Waals surface area contributed by atoms with Crippen molar-refractivity contribution >= 4 is 32.4 Å². The standard InChI is InChI=1S/C28H38N6O3S/c1-33(2)25-12-6-11-23-22(25)10-7-13-26(23)38(36,37)32-24(28(35)34(3)21-8-4-5-9-21)18-19-14-16-20(17-15-19)27(29)31-30/h6-7,10-17,21,24,27,31-32H,4-5,8-9,18,29-30H2,1-3H3/t24-,27?/m0/s1. The van der Waals surface area contributed by atoms with Gasteiger partial charge in [-0.2, -0.15) is 4.72 Å². The van der Waals surface area contributed by atoms with Gasteiger partial charge in [0.15, 0.2) is 0 Å². The quantitative estimate of drug-likeness (QED) is 0.177. The molecule has 9 nitrogen and oxygen atoms in total. The zero-order valence-corrected chi connectivity index (χ0v) is 23.0. The number of hydrogen-bond acceptors (Lipinski definition) is 7. The Balaban J connectivity index is 1.68. The van der Waals surface area contributed by atoms with Crippen LogP contribution in [-0.2, 0) is 21.2 Å². The maximum absolute atomic E-state index is 13.8. The van der Waals surface area contributed by atoms with Crippen molar-refractivity contribution in [2.75, 3.05) is 26.0 Å². The Hall–Kier alpha value is -3.02. The van der Waals surface area contributed by atoms with Crippen molar-refractivity contribution in [1.82, 2.24) is 15.0 Å². The lowest BCUT2D eigenvalue weighted by atomic mass is 10.0. The van der Waals surface area contributed by atoms with Crippen molar-refractivity contribution in [3.63, 3.8) is 0 Å². The fourth-order valence-corrected chi connectivity index (χ4v) is 6.64. The molecule has 0 radical (unpaired) electrons. The topological polar surface area (TPSA) is 134 Å². The van der Waals surface area contributed by atoms with E-state index < -0.39 is 22.2 Å². The van der Waals surface area contributed by atoms with E-state index in [0.29, 0.717) is 5.39 Å². The van der Waals surface area contributed by atoms with Crippen LogP contribution in [0.3, 0.4) is 0 Å². The molecule has 0 aromatic heterocycles. The van der Waals surface area contributed by atoms with E-state index >= 15 is 0 Å². The van der Waals surface area contributed by atoms with Crippen molar-refractivity contribution in [1.29, 1.82) is 0 Å². The number of hydrogen-bond donors (Lipinski definition) is 4. The zero-order chi connectivity index (χ0) is 27.4. The molecule has 0 saturated heterocycles. The fraction of sp³-hybridized carbons (Fsp3) is 0.393.